The number of hydrogen-bond acceptors (Lipinski definition) is 3. The third-order valence-electron chi connectivity index (χ3n) is 4.32. The molecule has 0 saturated heterocycles. The smallest absolute Gasteiger partial charge is 0.191 e. The second kappa shape index (κ2) is 10.5. The van der Waals surface area contributed by atoms with Crippen molar-refractivity contribution in [3.8, 4) is 0 Å². The summed E-state index contributed by atoms with van der Waals surface area (Å²) in [6.07, 6.45) is 3.76. The Morgan fingerprint density at radius 3 is 2.52 bits per heavy atom. The Balaban J connectivity index is 1.91. The average molecular weight is 342 g/mol. The van der Waals surface area contributed by atoms with Crippen LogP contribution in [0.15, 0.2) is 53.8 Å². The average Bonchev–Trinajstić information content (AvgIpc) is 3.17. The molecular formula is C19H30N6. The summed E-state index contributed by atoms with van der Waals surface area (Å²) in [5.74, 6) is 0.820. The molecule has 2 N–H and O–H groups in total. The fourth-order valence-electron chi connectivity index (χ4n) is 2.93. The predicted molar refractivity (Wildman–Crippen MR) is 104 cm³/mol. The zero-order chi connectivity index (χ0) is 17.9. The number of hydrogen-bond donors (Lipinski definition) is 2. The van der Waals surface area contributed by atoms with Gasteiger partial charge < -0.3 is 10.6 Å². The number of rotatable bonds is 9. The molecule has 1 aromatic carbocycles. The molecule has 136 valence electrons. The number of likely N-dealkylation sites (N-methyl/N-ethyl adjacent to an activating group) is 1. The lowest BCUT2D eigenvalue weighted by atomic mass is 10.1. The molecule has 0 spiro atoms. The first kappa shape index (κ1) is 19.0. The molecule has 1 heterocycles. The van der Waals surface area contributed by atoms with E-state index in [1.165, 1.54) is 5.56 Å². The highest BCUT2D eigenvalue weighted by molar-refractivity contribution is 5.79. The minimum absolute atomic E-state index is 0.320. The Morgan fingerprint density at radius 2 is 1.92 bits per heavy atom. The normalized spacial score (nSPS) is 13.0. The Morgan fingerprint density at radius 1 is 1.16 bits per heavy atom. The fraction of sp³-hybridized carbons (Fsp3) is 0.474. The van der Waals surface area contributed by atoms with E-state index in [4.69, 9.17) is 0 Å². The van der Waals surface area contributed by atoms with Gasteiger partial charge in [0, 0.05) is 32.5 Å². The summed E-state index contributed by atoms with van der Waals surface area (Å²) >= 11 is 0. The van der Waals surface area contributed by atoms with Gasteiger partial charge in [0.2, 0.25) is 0 Å². The maximum absolute atomic E-state index is 4.33. The second-order valence-corrected chi connectivity index (χ2v) is 5.80. The van der Waals surface area contributed by atoms with Crippen molar-refractivity contribution in [3.05, 3.63) is 54.4 Å². The first-order valence-electron chi connectivity index (χ1n) is 8.99. The Kier molecular flexibility index (Phi) is 7.98. The van der Waals surface area contributed by atoms with E-state index in [9.17, 15) is 0 Å². The van der Waals surface area contributed by atoms with E-state index in [-0.39, 0.29) is 0 Å². The van der Waals surface area contributed by atoms with Crippen LogP contribution in [0.5, 0.6) is 0 Å². The van der Waals surface area contributed by atoms with Crippen LogP contribution in [0.2, 0.25) is 0 Å². The van der Waals surface area contributed by atoms with Crippen LogP contribution < -0.4 is 10.6 Å². The van der Waals surface area contributed by atoms with Gasteiger partial charge in [-0.1, -0.05) is 44.2 Å². The molecule has 0 fully saturated rings. The van der Waals surface area contributed by atoms with Crippen LogP contribution in [0, 0.1) is 0 Å². The van der Waals surface area contributed by atoms with E-state index >= 15 is 0 Å². The zero-order valence-corrected chi connectivity index (χ0v) is 15.5. The molecule has 0 amide bonds. The number of aromatic nitrogens is 2. The maximum Gasteiger partial charge on any atom is 0.191 e. The lowest BCUT2D eigenvalue weighted by Gasteiger charge is -2.30. The molecule has 25 heavy (non-hydrogen) atoms. The van der Waals surface area contributed by atoms with Crippen LogP contribution in [0.4, 0.5) is 0 Å². The van der Waals surface area contributed by atoms with Gasteiger partial charge >= 0.3 is 0 Å². The van der Waals surface area contributed by atoms with Gasteiger partial charge in [-0.05, 0) is 24.7 Å². The molecule has 0 bridgehead atoms. The standard InChI is InChI=1S/C19H30N6/c1-4-24(5-2)18(17-10-7-6-8-11-17)16-22-19(20-3)21-13-15-25-14-9-12-23-25/h6-12,14,18H,4-5,13,15-16H2,1-3H3,(H2,20,21,22). The first-order chi connectivity index (χ1) is 12.3. The first-order valence-corrected chi connectivity index (χ1v) is 8.99. The number of nitrogens with zero attached hydrogens (tertiary/aromatic N) is 4. The summed E-state index contributed by atoms with van der Waals surface area (Å²) in [5.41, 5.74) is 1.32. The summed E-state index contributed by atoms with van der Waals surface area (Å²) in [4.78, 5) is 6.79. The SMILES string of the molecule is CCN(CC)C(CNC(=NC)NCCn1cccn1)c1ccccc1. The van der Waals surface area contributed by atoms with E-state index in [0.29, 0.717) is 6.04 Å². The lowest BCUT2D eigenvalue weighted by molar-refractivity contribution is 0.219. The third-order valence-corrected chi connectivity index (χ3v) is 4.32. The second-order valence-electron chi connectivity index (χ2n) is 5.80. The van der Waals surface area contributed by atoms with E-state index in [2.05, 4.69) is 69.8 Å². The van der Waals surface area contributed by atoms with E-state index in [1.54, 1.807) is 13.2 Å². The molecule has 6 nitrogen and oxygen atoms in total. The molecule has 0 saturated carbocycles. The van der Waals surface area contributed by atoms with Crippen molar-refractivity contribution in [2.75, 3.05) is 33.2 Å². The van der Waals surface area contributed by atoms with Crippen molar-refractivity contribution in [1.82, 2.24) is 25.3 Å². The zero-order valence-electron chi connectivity index (χ0n) is 15.5. The van der Waals surface area contributed by atoms with Crippen LogP contribution in [0.3, 0.4) is 0 Å². The molecule has 6 heteroatoms. The largest absolute Gasteiger partial charge is 0.355 e. The Labute approximate surface area is 151 Å². The Hall–Kier alpha value is -2.34. The molecule has 2 aromatic rings. The molecule has 0 aliphatic rings. The van der Waals surface area contributed by atoms with Gasteiger partial charge in [0.1, 0.15) is 0 Å². The molecule has 2 rings (SSSR count). The van der Waals surface area contributed by atoms with Crippen LogP contribution in [-0.4, -0.2) is 53.9 Å². The third kappa shape index (κ3) is 5.90. The van der Waals surface area contributed by atoms with E-state index in [1.807, 2.05) is 16.9 Å². The van der Waals surface area contributed by atoms with Gasteiger partial charge in [-0.15, -0.1) is 0 Å². The highest BCUT2D eigenvalue weighted by atomic mass is 15.3. The number of aliphatic imine (C=N–C) groups is 1. The quantitative estimate of drug-likeness (QED) is 0.541. The van der Waals surface area contributed by atoms with Crippen molar-refractivity contribution >= 4 is 5.96 Å². The maximum atomic E-state index is 4.33. The number of nitrogens with one attached hydrogen (secondary N) is 2. The van der Waals surface area contributed by atoms with Crippen molar-refractivity contribution in [2.24, 2.45) is 4.99 Å². The van der Waals surface area contributed by atoms with Crippen molar-refractivity contribution < 1.29 is 0 Å². The topological polar surface area (TPSA) is 57.5 Å². The highest BCUT2D eigenvalue weighted by Crippen LogP contribution is 2.19. The predicted octanol–water partition coefficient (Wildman–Crippen LogP) is 2.13. The molecule has 1 atom stereocenters. The van der Waals surface area contributed by atoms with Gasteiger partial charge in [0.25, 0.3) is 0 Å². The summed E-state index contributed by atoms with van der Waals surface area (Å²) in [5, 5.41) is 11.0. The van der Waals surface area contributed by atoms with Gasteiger partial charge in [-0.3, -0.25) is 14.6 Å². The fourth-order valence-corrected chi connectivity index (χ4v) is 2.93. The minimum Gasteiger partial charge on any atom is -0.355 e. The van der Waals surface area contributed by atoms with Crippen molar-refractivity contribution in [2.45, 2.75) is 26.4 Å². The molecular weight excluding hydrogens is 312 g/mol. The molecule has 1 unspecified atom stereocenters. The summed E-state index contributed by atoms with van der Waals surface area (Å²) in [6.45, 7) is 8.85. The minimum atomic E-state index is 0.320. The molecule has 0 radical (unpaired) electrons. The van der Waals surface area contributed by atoms with Gasteiger partial charge in [-0.25, -0.2) is 0 Å². The van der Waals surface area contributed by atoms with Gasteiger partial charge in [-0.2, -0.15) is 5.10 Å². The van der Waals surface area contributed by atoms with Crippen LogP contribution in [0.1, 0.15) is 25.5 Å². The number of guanidine groups is 1. The monoisotopic (exact) mass is 342 g/mol. The summed E-state index contributed by atoms with van der Waals surface area (Å²) in [6, 6.07) is 12.9. The van der Waals surface area contributed by atoms with Gasteiger partial charge in [0.15, 0.2) is 5.96 Å². The number of benzene rings is 1. The lowest BCUT2D eigenvalue weighted by Crippen LogP contribution is -2.44. The molecule has 0 aliphatic heterocycles. The Bertz CT molecular complexity index is 604. The highest BCUT2D eigenvalue weighted by Gasteiger charge is 2.17. The van der Waals surface area contributed by atoms with Crippen LogP contribution in [0.25, 0.3) is 0 Å². The van der Waals surface area contributed by atoms with Crippen molar-refractivity contribution in [1.29, 1.82) is 0 Å². The molecule has 0 aliphatic carbocycles. The van der Waals surface area contributed by atoms with Crippen molar-refractivity contribution in [3.63, 3.8) is 0 Å². The van der Waals surface area contributed by atoms with E-state index < -0.39 is 0 Å². The van der Waals surface area contributed by atoms with Crippen LogP contribution >= 0.6 is 0 Å². The molecule has 1 aromatic heterocycles. The summed E-state index contributed by atoms with van der Waals surface area (Å²) in [7, 11) is 1.80. The van der Waals surface area contributed by atoms with Crippen LogP contribution in [-0.2, 0) is 6.54 Å². The summed E-state index contributed by atoms with van der Waals surface area (Å²) < 4.78 is 1.91. The van der Waals surface area contributed by atoms with Gasteiger partial charge in [0.05, 0.1) is 12.6 Å². The van der Waals surface area contributed by atoms with E-state index in [0.717, 1.165) is 38.7 Å².